The van der Waals surface area contributed by atoms with Crippen LogP contribution < -0.4 is 20.7 Å². The molecular formula is C44H29N3Si. The zero-order valence-electron chi connectivity index (χ0n) is 26.1. The van der Waals surface area contributed by atoms with Gasteiger partial charge in [-0.2, -0.15) is 5.26 Å². The van der Waals surface area contributed by atoms with Crippen LogP contribution in [0.1, 0.15) is 5.56 Å². The van der Waals surface area contributed by atoms with Gasteiger partial charge >= 0.3 is 0 Å². The quantitative estimate of drug-likeness (QED) is 0.104. The molecule has 1 heterocycles. The van der Waals surface area contributed by atoms with E-state index in [-0.39, 0.29) is 0 Å². The van der Waals surface area contributed by atoms with Gasteiger partial charge in [-0.25, -0.2) is 4.85 Å². The molecule has 224 valence electrons. The lowest BCUT2D eigenvalue weighted by Crippen LogP contribution is -2.74. The monoisotopic (exact) mass is 627 g/mol. The van der Waals surface area contributed by atoms with Gasteiger partial charge in [0.2, 0.25) is 0 Å². The van der Waals surface area contributed by atoms with E-state index in [9.17, 15) is 5.26 Å². The predicted octanol–water partition coefficient (Wildman–Crippen LogP) is 8.25. The molecule has 0 aliphatic rings. The first kappa shape index (κ1) is 29.0. The highest BCUT2D eigenvalue weighted by Crippen LogP contribution is 2.36. The van der Waals surface area contributed by atoms with Gasteiger partial charge in [-0.1, -0.05) is 133 Å². The lowest BCUT2D eigenvalue weighted by Gasteiger charge is -2.34. The summed E-state index contributed by atoms with van der Waals surface area (Å²) in [6, 6.07) is 64.6. The summed E-state index contributed by atoms with van der Waals surface area (Å²) in [5, 5.41) is 16.9. The maximum Gasteiger partial charge on any atom is 0.188 e. The third-order valence-corrected chi connectivity index (χ3v) is 14.2. The van der Waals surface area contributed by atoms with Crippen molar-refractivity contribution in [3.8, 4) is 22.9 Å². The van der Waals surface area contributed by atoms with E-state index in [1.54, 1.807) is 0 Å². The van der Waals surface area contributed by atoms with Crippen molar-refractivity contribution in [3.05, 3.63) is 193 Å². The summed E-state index contributed by atoms with van der Waals surface area (Å²) >= 11 is 0. The molecule has 48 heavy (non-hydrogen) atoms. The largest absolute Gasteiger partial charge is 0.309 e. The van der Waals surface area contributed by atoms with E-state index in [4.69, 9.17) is 6.57 Å². The molecule has 3 nitrogen and oxygen atoms in total. The molecule has 4 heteroatoms. The van der Waals surface area contributed by atoms with Crippen molar-refractivity contribution in [2.75, 3.05) is 0 Å². The summed E-state index contributed by atoms with van der Waals surface area (Å²) < 4.78 is 2.23. The standard InChI is InChI=1S/C44H29N3Si/c1-46-35-23-27-44-42(30-35)41-28-32(31-45)20-26-43(41)47(44)36-13-11-12-34(29-36)33-21-24-40(25-22-33)48(37-14-5-2-6-15-37,38-16-7-3-8-17-38)39-18-9-4-10-19-39/h2-30H. The van der Waals surface area contributed by atoms with Crippen LogP contribution >= 0.6 is 0 Å². The highest BCUT2D eigenvalue weighted by atomic mass is 28.3. The number of nitriles is 1. The van der Waals surface area contributed by atoms with Crippen molar-refractivity contribution in [2.24, 2.45) is 0 Å². The Morgan fingerprint density at radius 3 is 1.60 bits per heavy atom. The number of aromatic nitrogens is 1. The van der Waals surface area contributed by atoms with Crippen LogP contribution in [0.4, 0.5) is 5.69 Å². The van der Waals surface area contributed by atoms with Crippen LogP contribution in [-0.2, 0) is 0 Å². The van der Waals surface area contributed by atoms with Crippen LogP contribution in [0.3, 0.4) is 0 Å². The van der Waals surface area contributed by atoms with Crippen LogP contribution in [0, 0.1) is 17.9 Å². The van der Waals surface area contributed by atoms with Gasteiger partial charge in [0, 0.05) is 11.1 Å². The van der Waals surface area contributed by atoms with Gasteiger partial charge in [0.1, 0.15) is 0 Å². The molecule has 8 aromatic rings. The third-order valence-electron chi connectivity index (χ3n) is 9.38. The van der Waals surface area contributed by atoms with Crippen molar-refractivity contribution >= 4 is 56.3 Å². The van der Waals surface area contributed by atoms with Gasteiger partial charge in [0.15, 0.2) is 13.8 Å². The van der Waals surface area contributed by atoms with Gasteiger partial charge < -0.3 is 4.57 Å². The molecule has 0 saturated carbocycles. The maximum atomic E-state index is 9.62. The fraction of sp³-hybridized carbons (Fsp3) is 0. The summed E-state index contributed by atoms with van der Waals surface area (Å²) in [5.41, 5.74) is 6.47. The fourth-order valence-electron chi connectivity index (χ4n) is 7.23. The molecule has 0 aliphatic heterocycles. The first-order chi connectivity index (χ1) is 23.7. The highest BCUT2D eigenvalue weighted by Gasteiger charge is 2.41. The Morgan fingerprint density at radius 1 is 0.500 bits per heavy atom. The SMILES string of the molecule is [C-]#[N+]c1ccc2c(c1)c1cc(C#N)ccc1n2-c1cccc(-c2ccc([Si](c3ccccc3)(c3ccccc3)c3ccccc3)cc2)c1. The summed E-state index contributed by atoms with van der Waals surface area (Å²) in [7, 11) is -2.60. The number of nitrogens with zero attached hydrogens (tertiary/aromatic N) is 3. The van der Waals surface area contributed by atoms with E-state index < -0.39 is 8.07 Å². The fourth-order valence-corrected chi connectivity index (χ4v) is 12.0. The van der Waals surface area contributed by atoms with Crippen molar-refractivity contribution in [1.82, 2.24) is 4.57 Å². The Balaban J connectivity index is 1.28. The van der Waals surface area contributed by atoms with Gasteiger partial charge in [0.05, 0.1) is 29.2 Å². The molecule has 0 aliphatic carbocycles. The minimum absolute atomic E-state index is 0.582. The normalized spacial score (nSPS) is 11.3. The Labute approximate surface area is 281 Å². The average molecular weight is 628 g/mol. The first-order valence-electron chi connectivity index (χ1n) is 15.9. The van der Waals surface area contributed by atoms with Crippen molar-refractivity contribution < 1.29 is 0 Å². The zero-order valence-corrected chi connectivity index (χ0v) is 27.1. The predicted molar refractivity (Wildman–Crippen MR) is 201 cm³/mol. The average Bonchev–Trinajstić information content (AvgIpc) is 3.49. The van der Waals surface area contributed by atoms with Crippen LogP contribution in [0.25, 0.3) is 43.5 Å². The minimum atomic E-state index is -2.60. The number of benzene rings is 7. The molecule has 0 saturated heterocycles. The van der Waals surface area contributed by atoms with Gasteiger partial charge in [-0.05, 0) is 79.7 Å². The minimum Gasteiger partial charge on any atom is -0.309 e. The molecule has 7 aromatic carbocycles. The molecule has 0 radical (unpaired) electrons. The summed E-state index contributed by atoms with van der Waals surface area (Å²) in [4.78, 5) is 3.67. The third kappa shape index (κ3) is 4.72. The van der Waals surface area contributed by atoms with Crippen molar-refractivity contribution in [1.29, 1.82) is 5.26 Å². The second kappa shape index (κ2) is 12.0. The number of hydrogen-bond donors (Lipinski definition) is 0. The van der Waals surface area contributed by atoms with Crippen LogP contribution in [0.2, 0.25) is 0 Å². The van der Waals surface area contributed by atoms with E-state index in [2.05, 4.69) is 155 Å². The molecule has 0 amide bonds. The molecule has 0 atom stereocenters. The Morgan fingerprint density at radius 2 is 1.04 bits per heavy atom. The molecule has 0 bridgehead atoms. The number of fused-ring (bicyclic) bond motifs is 3. The molecule has 0 fully saturated rings. The molecule has 1 aromatic heterocycles. The van der Waals surface area contributed by atoms with E-state index >= 15 is 0 Å². The van der Waals surface area contributed by atoms with E-state index in [1.807, 2.05) is 36.4 Å². The zero-order chi connectivity index (χ0) is 32.5. The van der Waals surface area contributed by atoms with E-state index in [0.717, 1.165) is 38.6 Å². The van der Waals surface area contributed by atoms with Crippen LogP contribution in [-0.4, -0.2) is 12.6 Å². The summed E-state index contributed by atoms with van der Waals surface area (Å²) in [6.45, 7) is 7.57. The lowest BCUT2D eigenvalue weighted by atomic mass is 10.1. The molecule has 0 spiro atoms. The molecule has 8 rings (SSSR count). The van der Waals surface area contributed by atoms with E-state index in [0.29, 0.717) is 11.3 Å². The Kier molecular flexibility index (Phi) is 7.27. The number of hydrogen-bond acceptors (Lipinski definition) is 1. The summed E-state index contributed by atoms with van der Waals surface area (Å²) in [6.07, 6.45) is 0. The Hall–Kier alpha value is -6.46. The van der Waals surface area contributed by atoms with Gasteiger partial charge in [-0.3, -0.25) is 0 Å². The first-order valence-corrected chi connectivity index (χ1v) is 17.9. The molecular weight excluding hydrogens is 599 g/mol. The highest BCUT2D eigenvalue weighted by molar-refractivity contribution is 7.19. The maximum absolute atomic E-state index is 9.62. The molecule has 0 N–H and O–H groups in total. The summed E-state index contributed by atoms with van der Waals surface area (Å²) in [5.74, 6) is 0. The second-order valence-corrected chi connectivity index (χ2v) is 15.8. The number of rotatable bonds is 6. The van der Waals surface area contributed by atoms with Crippen LogP contribution in [0.15, 0.2) is 176 Å². The smallest absolute Gasteiger partial charge is 0.188 e. The van der Waals surface area contributed by atoms with Crippen molar-refractivity contribution in [2.45, 2.75) is 0 Å². The van der Waals surface area contributed by atoms with Crippen molar-refractivity contribution in [3.63, 3.8) is 0 Å². The van der Waals surface area contributed by atoms with Gasteiger partial charge in [0.25, 0.3) is 0 Å². The van der Waals surface area contributed by atoms with E-state index in [1.165, 1.54) is 20.7 Å². The Bertz CT molecular complexity index is 2340. The topological polar surface area (TPSA) is 33.1 Å². The second-order valence-electron chi connectivity index (χ2n) is 12.0. The molecule has 0 unspecified atom stereocenters. The van der Waals surface area contributed by atoms with Crippen LogP contribution in [0.5, 0.6) is 0 Å². The lowest BCUT2D eigenvalue weighted by molar-refractivity contribution is 1.18. The van der Waals surface area contributed by atoms with Gasteiger partial charge in [-0.15, -0.1) is 0 Å².